The summed E-state index contributed by atoms with van der Waals surface area (Å²) in [6.45, 7) is 9.73. The third-order valence-electron chi connectivity index (χ3n) is 1.94. The van der Waals surface area contributed by atoms with E-state index < -0.39 is 6.09 Å². The lowest BCUT2D eigenvalue weighted by atomic mass is 9.83. The number of carbonyl (C=O) groups is 1. The molecule has 0 aliphatic rings. The zero-order valence-corrected chi connectivity index (χ0v) is 8.05. The van der Waals surface area contributed by atoms with Gasteiger partial charge in [-0.1, -0.05) is 19.1 Å². The molecule has 0 unspecified atom stereocenters. The van der Waals surface area contributed by atoms with Gasteiger partial charge in [0.2, 0.25) is 0 Å². The van der Waals surface area contributed by atoms with E-state index in [1.807, 2.05) is 6.92 Å². The number of hydrogen-bond donors (Lipinski definition) is 2. The Morgan fingerprint density at radius 1 is 1.46 bits per heavy atom. The van der Waals surface area contributed by atoms with Crippen molar-refractivity contribution in [3.8, 4) is 0 Å². The smallest absolute Gasteiger partial charge is 0.404 e. The predicted octanol–water partition coefficient (Wildman–Crippen LogP) is 2.41. The third-order valence-corrected chi connectivity index (χ3v) is 1.94. The molecule has 0 heterocycles. The van der Waals surface area contributed by atoms with Gasteiger partial charge in [0.25, 0.3) is 0 Å². The fraction of sp³-hybridized carbons (Fsp3) is 0.500. The Balaban J connectivity index is 4.12. The van der Waals surface area contributed by atoms with Crippen molar-refractivity contribution in [2.45, 2.75) is 19.8 Å². The van der Waals surface area contributed by atoms with Crippen molar-refractivity contribution in [2.75, 3.05) is 6.54 Å². The van der Waals surface area contributed by atoms with Crippen LogP contribution >= 0.6 is 0 Å². The monoisotopic (exact) mass is 183 g/mol. The Kier molecular flexibility index (Phi) is 4.89. The van der Waals surface area contributed by atoms with E-state index in [9.17, 15) is 4.79 Å². The van der Waals surface area contributed by atoms with Crippen LogP contribution in [-0.2, 0) is 0 Å². The van der Waals surface area contributed by atoms with Crippen molar-refractivity contribution in [1.29, 1.82) is 0 Å². The van der Waals surface area contributed by atoms with E-state index >= 15 is 0 Å². The van der Waals surface area contributed by atoms with Crippen LogP contribution in [0.3, 0.4) is 0 Å². The van der Waals surface area contributed by atoms with Crippen LogP contribution in [0.15, 0.2) is 25.3 Å². The lowest BCUT2D eigenvalue weighted by molar-refractivity contribution is 0.186. The van der Waals surface area contributed by atoms with Crippen molar-refractivity contribution < 1.29 is 9.90 Å². The molecule has 0 bridgehead atoms. The first-order valence-corrected chi connectivity index (χ1v) is 4.22. The van der Waals surface area contributed by atoms with Gasteiger partial charge >= 0.3 is 6.09 Å². The molecule has 2 N–H and O–H groups in total. The van der Waals surface area contributed by atoms with Crippen LogP contribution in [0.4, 0.5) is 4.79 Å². The highest BCUT2D eigenvalue weighted by atomic mass is 16.4. The number of amides is 1. The van der Waals surface area contributed by atoms with E-state index in [0.29, 0.717) is 6.54 Å². The summed E-state index contributed by atoms with van der Waals surface area (Å²) in [6.07, 6.45) is 4.16. The Bertz CT molecular complexity index is 189. The molecule has 0 aromatic rings. The van der Waals surface area contributed by atoms with E-state index in [2.05, 4.69) is 18.5 Å². The number of allylic oxidation sites excluding steroid dienone is 2. The highest BCUT2D eigenvalue weighted by molar-refractivity contribution is 5.64. The fourth-order valence-corrected chi connectivity index (χ4v) is 1.21. The Morgan fingerprint density at radius 2 is 1.92 bits per heavy atom. The molecular weight excluding hydrogens is 166 g/mol. The molecule has 13 heavy (non-hydrogen) atoms. The highest BCUT2D eigenvalue weighted by Gasteiger charge is 2.21. The molecular formula is C10H17NO2. The largest absolute Gasteiger partial charge is 0.465 e. The molecule has 0 spiro atoms. The summed E-state index contributed by atoms with van der Waals surface area (Å²) < 4.78 is 0. The van der Waals surface area contributed by atoms with Gasteiger partial charge < -0.3 is 10.4 Å². The van der Waals surface area contributed by atoms with Crippen molar-refractivity contribution in [3.05, 3.63) is 25.3 Å². The van der Waals surface area contributed by atoms with Gasteiger partial charge in [-0.3, -0.25) is 0 Å². The molecule has 1 amide bonds. The topological polar surface area (TPSA) is 49.3 Å². The van der Waals surface area contributed by atoms with Gasteiger partial charge in [-0.25, -0.2) is 4.79 Å². The Morgan fingerprint density at radius 3 is 2.23 bits per heavy atom. The molecule has 74 valence electrons. The predicted molar refractivity (Wildman–Crippen MR) is 53.8 cm³/mol. The van der Waals surface area contributed by atoms with Crippen LogP contribution in [0.1, 0.15) is 19.8 Å². The van der Waals surface area contributed by atoms with Gasteiger partial charge in [0.1, 0.15) is 0 Å². The van der Waals surface area contributed by atoms with E-state index in [4.69, 9.17) is 5.11 Å². The van der Waals surface area contributed by atoms with Gasteiger partial charge in [-0.05, 0) is 18.3 Å². The van der Waals surface area contributed by atoms with Gasteiger partial charge in [0.15, 0.2) is 0 Å². The van der Waals surface area contributed by atoms with E-state index in [1.54, 1.807) is 12.2 Å². The van der Waals surface area contributed by atoms with Gasteiger partial charge in [0.05, 0.1) is 0 Å². The molecule has 0 aliphatic heterocycles. The van der Waals surface area contributed by atoms with Crippen molar-refractivity contribution >= 4 is 6.09 Å². The SMILES string of the molecule is C=CCC(C)(CC=C)CNC(=O)O. The number of carboxylic acid groups (broad SMARTS) is 1. The summed E-state index contributed by atoms with van der Waals surface area (Å²) in [6, 6.07) is 0. The molecule has 0 aliphatic carbocycles. The number of nitrogens with one attached hydrogen (secondary N) is 1. The van der Waals surface area contributed by atoms with Crippen LogP contribution in [0.2, 0.25) is 0 Å². The van der Waals surface area contributed by atoms with Crippen LogP contribution in [0.5, 0.6) is 0 Å². The second kappa shape index (κ2) is 5.41. The van der Waals surface area contributed by atoms with Gasteiger partial charge in [0, 0.05) is 6.54 Å². The zero-order chi connectivity index (χ0) is 10.3. The first kappa shape index (κ1) is 11.8. The van der Waals surface area contributed by atoms with Crippen molar-refractivity contribution in [3.63, 3.8) is 0 Å². The Hall–Kier alpha value is -1.25. The van der Waals surface area contributed by atoms with E-state index in [0.717, 1.165) is 12.8 Å². The molecule has 0 aromatic heterocycles. The second-order valence-corrected chi connectivity index (χ2v) is 3.45. The van der Waals surface area contributed by atoms with E-state index in [-0.39, 0.29) is 5.41 Å². The zero-order valence-electron chi connectivity index (χ0n) is 8.05. The van der Waals surface area contributed by atoms with Gasteiger partial charge in [-0.15, -0.1) is 13.2 Å². The van der Waals surface area contributed by atoms with Crippen LogP contribution in [0.25, 0.3) is 0 Å². The molecule has 0 rings (SSSR count). The van der Waals surface area contributed by atoms with E-state index in [1.165, 1.54) is 0 Å². The second-order valence-electron chi connectivity index (χ2n) is 3.45. The summed E-state index contributed by atoms with van der Waals surface area (Å²) in [7, 11) is 0. The third kappa shape index (κ3) is 5.06. The maximum Gasteiger partial charge on any atom is 0.404 e. The van der Waals surface area contributed by atoms with Crippen LogP contribution in [-0.4, -0.2) is 17.7 Å². The molecule has 0 atom stereocenters. The summed E-state index contributed by atoms with van der Waals surface area (Å²) in [5.41, 5.74) is -0.0953. The van der Waals surface area contributed by atoms with Crippen LogP contribution in [0, 0.1) is 5.41 Å². The van der Waals surface area contributed by atoms with Crippen molar-refractivity contribution in [2.24, 2.45) is 5.41 Å². The average molecular weight is 183 g/mol. The fourth-order valence-electron chi connectivity index (χ4n) is 1.21. The lowest BCUT2D eigenvalue weighted by Gasteiger charge is -2.26. The average Bonchev–Trinajstić information content (AvgIpc) is 2.02. The molecule has 0 saturated heterocycles. The summed E-state index contributed by atoms with van der Waals surface area (Å²) >= 11 is 0. The molecule has 0 aromatic carbocycles. The minimum atomic E-state index is -0.987. The minimum Gasteiger partial charge on any atom is -0.465 e. The molecule has 0 fully saturated rings. The standard InChI is InChI=1S/C10H17NO2/c1-4-6-10(3,7-5-2)8-11-9(12)13/h4-5,11H,1-2,6-8H2,3H3,(H,12,13). The summed E-state index contributed by atoms with van der Waals surface area (Å²) in [4.78, 5) is 10.3. The lowest BCUT2D eigenvalue weighted by Crippen LogP contribution is -2.34. The number of hydrogen-bond acceptors (Lipinski definition) is 1. The van der Waals surface area contributed by atoms with Crippen LogP contribution < -0.4 is 5.32 Å². The molecule has 3 heteroatoms. The molecule has 3 nitrogen and oxygen atoms in total. The molecule has 0 radical (unpaired) electrons. The first-order valence-electron chi connectivity index (χ1n) is 4.22. The maximum absolute atomic E-state index is 10.3. The quantitative estimate of drug-likeness (QED) is 0.621. The number of rotatable bonds is 6. The maximum atomic E-state index is 10.3. The highest BCUT2D eigenvalue weighted by Crippen LogP contribution is 2.25. The minimum absolute atomic E-state index is 0.0953. The van der Waals surface area contributed by atoms with Crippen molar-refractivity contribution in [1.82, 2.24) is 5.32 Å². The Labute approximate surface area is 79.2 Å². The first-order chi connectivity index (χ1) is 6.04. The normalized spacial score (nSPS) is 10.5. The van der Waals surface area contributed by atoms with Gasteiger partial charge in [-0.2, -0.15) is 0 Å². The molecule has 0 saturated carbocycles. The summed E-state index contributed by atoms with van der Waals surface area (Å²) in [5.74, 6) is 0. The summed E-state index contributed by atoms with van der Waals surface area (Å²) in [5, 5.41) is 10.8.